The summed E-state index contributed by atoms with van der Waals surface area (Å²) in [6.07, 6.45) is 12.5. The lowest BCUT2D eigenvalue weighted by Crippen LogP contribution is -1.88. The second-order valence-corrected chi connectivity index (χ2v) is 5.64. The van der Waals surface area contributed by atoms with Crippen molar-refractivity contribution >= 4 is 17.0 Å². The number of aromatic nitrogens is 6. The van der Waals surface area contributed by atoms with Crippen molar-refractivity contribution in [3.63, 3.8) is 0 Å². The van der Waals surface area contributed by atoms with Crippen LogP contribution in [0.4, 0.5) is 0 Å². The molecule has 122 valence electrons. The fourth-order valence-electron chi connectivity index (χ4n) is 2.74. The van der Waals surface area contributed by atoms with Crippen LogP contribution in [0.1, 0.15) is 11.3 Å². The van der Waals surface area contributed by atoms with Gasteiger partial charge in [0.1, 0.15) is 11.4 Å². The highest BCUT2D eigenvalue weighted by Crippen LogP contribution is 2.29. The van der Waals surface area contributed by atoms with Crippen molar-refractivity contribution in [2.75, 3.05) is 0 Å². The number of rotatable bonds is 4. The molecule has 0 aliphatic rings. The second-order valence-electron chi connectivity index (χ2n) is 5.64. The van der Waals surface area contributed by atoms with Crippen molar-refractivity contribution in [1.29, 1.82) is 0 Å². The quantitative estimate of drug-likeness (QED) is 0.556. The first-order valence-corrected chi connectivity index (χ1v) is 7.86. The smallest absolute Gasteiger partial charge is 0.116 e. The van der Waals surface area contributed by atoms with Gasteiger partial charge >= 0.3 is 0 Å². The second kappa shape index (κ2) is 6.16. The summed E-state index contributed by atoms with van der Waals surface area (Å²) in [5.74, 6) is 0. The van der Waals surface area contributed by atoms with Gasteiger partial charge < -0.3 is 4.98 Å². The molecule has 2 N–H and O–H groups in total. The van der Waals surface area contributed by atoms with Gasteiger partial charge in [-0.2, -0.15) is 5.10 Å². The number of nitrogens with zero attached hydrogens (tertiary/aromatic N) is 4. The van der Waals surface area contributed by atoms with Crippen LogP contribution < -0.4 is 0 Å². The van der Waals surface area contributed by atoms with E-state index in [1.807, 2.05) is 25.1 Å². The topological polar surface area (TPSA) is 83.1 Å². The Morgan fingerprint density at radius 2 is 2.00 bits per heavy atom. The van der Waals surface area contributed by atoms with Gasteiger partial charge in [-0.1, -0.05) is 24.8 Å². The molecule has 0 spiro atoms. The molecule has 0 saturated carbocycles. The number of H-pyrrole nitrogens is 2. The van der Waals surface area contributed by atoms with Crippen LogP contribution in [0, 0.1) is 6.92 Å². The van der Waals surface area contributed by atoms with Gasteiger partial charge in [-0.15, -0.1) is 0 Å². The molecule has 6 nitrogen and oxygen atoms in total. The fourth-order valence-corrected chi connectivity index (χ4v) is 2.74. The van der Waals surface area contributed by atoms with Crippen molar-refractivity contribution in [3.8, 4) is 22.8 Å². The minimum Gasteiger partial charge on any atom is -0.357 e. The summed E-state index contributed by atoms with van der Waals surface area (Å²) in [6.45, 7) is 5.74. The van der Waals surface area contributed by atoms with Crippen molar-refractivity contribution in [1.82, 2.24) is 30.1 Å². The lowest BCUT2D eigenvalue weighted by atomic mass is 10.1. The Kier molecular flexibility index (Phi) is 3.70. The molecule has 6 heteroatoms. The van der Waals surface area contributed by atoms with E-state index < -0.39 is 0 Å². The minimum atomic E-state index is 0.730. The predicted octanol–water partition coefficient (Wildman–Crippen LogP) is 3.92. The molecule has 0 radical (unpaired) electrons. The summed E-state index contributed by atoms with van der Waals surface area (Å²) >= 11 is 0. The third-order valence-electron chi connectivity index (χ3n) is 3.99. The lowest BCUT2D eigenvalue weighted by molar-refractivity contribution is 1.11. The highest BCUT2D eigenvalue weighted by molar-refractivity contribution is 5.93. The molecule has 4 aromatic rings. The lowest BCUT2D eigenvalue weighted by Gasteiger charge is -2.00. The first-order valence-electron chi connectivity index (χ1n) is 7.86. The molecule has 4 heterocycles. The molecule has 0 aliphatic carbocycles. The van der Waals surface area contributed by atoms with Gasteiger partial charge in [0.05, 0.1) is 29.3 Å². The van der Waals surface area contributed by atoms with E-state index in [0.29, 0.717) is 0 Å². The van der Waals surface area contributed by atoms with Crippen LogP contribution in [-0.4, -0.2) is 30.1 Å². The largest absolute Gasteiger partial charge is 0.357 e. The maximum Gasteiger partial charge on any atom is 0.116 e. The van der Waals surface area contributed by atoms with Crippen LogP contribution in [0.3, 0.4) is 0 Å². The third kappa shape index (κ3) is 2.74. The normalized spacial score (nSPS) is 11.4. The molecule has 4 rings (SSSR count). The average molecular weight is 328 g/mol. The third-order valence-corrected chi connectivity index (χ3v) is 3.99. The Morgan fingerprint density at radius 3 is 2.80 bits per heavy atom. The molecule has 0 aromatic carbocycles. The summed E-state index contributed by atoms with van der Waals surface area (Å²) < 4.78 is 0. The van der Waals surface area contributed by atoms with Gasteiger partial charge in [-0.25, -0.2) is 0 Å². The van der Waals surface area contributed by atoms with Crippen molar-refractivity contribution in [3.05, 3.63) is 66.9 Å². The first-order chi connectivity index (χ1) is 12.3. The van der Waals surface area contributed by atoms with E-state index in [1.165, 1.54) is 0 Å². The van der Waals surface area contributed by atoms with Gasteiger partial charge in [-0.05, 0) is 24.6 Å². The van der Waals surface area contributed by atoms with Crippen LogP contribution in [0.15, 0.2) is 55.7 Å². The summed E-state index contributed by atoms with van der Waals surface area (Å²) in [5, 5.41) is 8.48. The van der Waals surface area contributed by atoms with Crippen LogP contribution in [0.2, 0.25) is 0 Å². The molecule has 0 bridgehead atoms. The van der Waals surface area contributed by atoms with Gasteiger partial charge in [-0.3, -0.25) is 20.1 Å². The first kappa shape index (κ1) is 15.0. The summed E-state index contributed by atoms with van der Waals surface area (Å²) in [6, 6.07) is 4.06. The average Bonchev–Trinajstić information content (AvgIpc) is 3.23. The molecular formula is C19H16N6. The Morgan fingerprint density at radius 1 is 1.08 bits per heavy atom. The fraction of sp³-hybridized carbons (Fsp3) is 0.0526. The summed E-state index contributed by atoms with van der Waals surface area (Å²) in [7, 11) is 0. The zero-order valence-corrected chi connectivity index (χ0v) is 13.7. The number of hydrogen-bond donors (Lipinski definition) is 2. The van der Waals surface area contributed by atoms with Crippen LogP contribution in [0.25, 0.3) is 39.8 Å². The number of pyridine rings is 1. The molecule has 0 saturated heterocycles. The van der Waals surface area contributed by atoms with Crippen molar-refractivity contribution in [2.24, 2.45) is 0 Å². The SMILES string of the molecule is C=C/C=C\c1cc(-c2n[nH]c3cnc(-c4cnccn4)cc23)[nH]c1C. The minimum absolute atomic E-state index is 0.730. The Labute approximate surface area is 144 Å². The maximum absolute atomic E-state index is 4.46. The molecule has 25 heavy (non-hydrogen) atoms. The van der Waals surface area contributed by atoms with Gasteiger partial charge in [0, 0.05) is 23.5 Å². The highest BCUT2D eigenvalue weighted by atomic mass is 15.1. The summed E-state index contributed by atoms with van der Waals surface area (Å²) in [5.41, 5.74) is 6.35. The van der Waals surface area contributed by atoms with E-state index >= 15 is 0 Å². The Balaban J connectivity index is 1.83. The van der Waals surface area contributed by atoms with Gasteiger partial charge in [0.15, 0.2) is 0 Å². The molecule has 4 aromatic heterocycles. The van der Waals surface area contributed by atoms with Crippen LogP contribution in [0.5, 0.6) is 0 Å². The van der Waals surface area contributed by atoms with E-state index in [1.54, 1.807) is 30.9 Å². The molecule has 0 amide bonds. The standard InChI is InChI=1S/C19H16N6/c1-3-4-5-13-8-16(23-12(13)2)19-14-9-15(18-10-20-6-7-21-18)22-11-17(14)24-25-19/h3-11,23H,1H2,2H3,(H,24,25)/b5-4-. The zero-order chi connectivity index (χ0) is 17.2. The maximum atomic E-state index is 4.46. The zero-order valence-electron chi connectivity index (χ0n) is 13.7. The molecule has 0 fully saturated rings. The van der Waals surface area contributed by atoms with Crippen molar-refractivity contribution < 1.29 is 0 Å². The van der Waals surface area contributed by atoms with Gasteiger partial charge in [0.2, 0.25) is 0 Å². The molecule has 0 atom stereocenters. The van der Waals surface area contributed by atoms with Crippen LogP contribution >= 0.6 is 0 Å². The number of hydrogen-bond acceptors (Lipinski definition) is 4. The van der Waals surface area contributed by atoms with E-state index in [4.69, 9.17) is 0 Å². The Hall–Kier alpha value is -3.54. The van der Waals surface area contributed by atoms with E-state index in [0.717, 1.165) is 44.9 Å². The van der Waals surface area contributed by atoms with E-state index in [2.05, 4.69) is 42.8 Å². The molecule has 0 aliphatic heterocycles. The number of allylic oxidation sites excluding steroid dienone is 2. The number of aryl methyl sites for hydroxylation is 1. The molecular weight excluding hydrogens is 312 g/mol. The van der Waals surface area contributed by atoms with E-state index in [9.17, 15) is 0 Å². The van der Waals surface area contributed by atoms with Gasteiger partial charge in [0.25, 0.3) is 0 Å². The predicted molar refractivity (Wildman–Crippen MR) is 98.7 cm³/mol. The molecule has 0 unspecified atom stereocenters. The number of nitrogens with one attached hydrogen (secondary N) is 2. The monoisotopic (exact) mass is 328 g/mol. The number of aromatic amines is 2. The van der Waals surface area contributed by atoms with E-state index in [-0.39, 0.29) is 0 Å². The Bertz CT molecular complexity index is 1070. The summed E-state index contributed by atoms with van der Waals surface area (Å²) in [4.78, 5) is 16.2. The number of fused-ring (bicyclic) bond motifs is 1. The van der Waals surface area contributed by atoms with Crippen LogP contribution in [-0.2, 0) is 0 Å². The highest BCUT2D eigenvalue weighted by Gasteiger charge is 2.13. The van der Waals surface area contributed by atoms with Crippen molar-refractivity contribution in [2.45, 2.75) is 6.92 Å².